The van der Waals surface area contributed by atoms with Crippen LogP contribution in [0.4, 0.5) is 5.69 Å². The highest BCUT2D eigenvalue weighted by atomic mass is 35.5. The zero-order chi connectivity index (χ0) is 24.3. The number of rotatable bonds is 5. The SMILES string of the molecule is COC(=O)c1ccc(NC(=S)NN=C(C)c2nn(C)c(-c3ccc(Cl)c(Cl)c3)c2O)cc1Cl. The Hall–Kier alpha value is -2.85. The van der Waals surface area contributed by atoms with Crippen LogP contribution >= 0.6 is 47.0 Å². The van der Waals surface area contributed by atoms with Crippen LogP contribution in [0, 0.1) is 0 Å². The molecule has 8 nitrogen and oxygen atoms in total. The largest absolute Gasteiger partial charge is 0.504 e. The van der Waals surface area contributed by atoms with E-state index in [9.17, 15) is 9.90 Å². The second kappa shape index (κ2) is 10.4. The molecule has 0 saturated heterocycles. The predicted molar refractivity (Wildman–Crippen MR) is 135 cm³/mol. The number of hydrogen-bond donors (Lipinski definition) is 3. The first-order chi connectivity index (χ1) is 15.6. The number of thiocarbonyl (C=S) groups is 1. The van der Waals surface area contributed by atoms with Crippen molar-refractivity contribution in [2.45, 2.75) is 6.92 Å². The normalized spacial score (nSPS) is 11.3. The summed E-state index contributed by atoms with van der Waals surface area (Å²) in [6.45, 7) is 1.66. The van der Waals surface area contributed by atoms with Gasteiger partial charge in [-0.25, -0.2) is 4.79 Å². The maximum atomic E-state index is 11.6. The van der Waals surface area contributed by atoms with Crippen molar-refractivity contribution in [3.63, 3.8) is 0 Å². The van der Waals surface area contributed by atoms with E-state index < -0.39 is 5.97 Å². The number of anilines is 1. The van der Waals surface area contributed by atoms with E-state index in [1.807, 2.05) is 0 Å². The van der Waals surface area contributed by atoms with Crippen molar-refractivity contribution >= 4 is 69.5 Å². The average molecular weight is 527 g/mol. The summed E-state index contributed by atoms with van der Waals surface area (Å²) in [7, 11) is 2.97. The van der Waals surface area contributed by atoms with E-state index in [0.717, 1.165) is 0 Å². The molecule has 0 bridgehead atoms. The van der Waals surface area contributed by atoms with Crippen molar-refractivity contribution in [2.75, 3.05) is 12.4 Å². The minimum absolute atomic E-state index is 0.0667. The minimum atomic E-state index is -0.539. The quantitative estimate of drug-likeness (QED) is 0.181. The molecule has 0 radical (unpaired) electrons. The van der Waals surface area contributed by atoms with Gasteiger partial charge in [-0.15, -0.1) is 0 Å². The number of hydrogen-bond acceptors (Lipinski definition) is 6. The Kier molecular flexibility index (Phi) is 7.80. The number of methoxy groups -OCH3 is 1. The summed E-state index contributed by atoms with van der Waals surface area (Å²) in [4.78, 5) is 11.6. The van der Waals surface area contributed by atoms with Gasteiger partial charge in [-0.3, -0.25) is 10.1 Å². The van der Waals surface area contributed by atoms with E-state index in [1.54, 1.807) is 38.2 Å². The van der Waals surface area contributed by atoms with Crippen molar-refractivity contribution in [3.05, 3.63) is 62.7 Å². The van der Waals surface area contributed by atoms with Gasteiger partial charge in [0.15, 0.2) is 16.6 Å². The number of esters is 1. The first-order valence-electron chi connectivity index (χ1n) is 9.33. The summed E-state index contributed by atoms with van der Waals surface area (Å²) in [6, 6.07) is 9.69. The molecule has 1 aromatic heterocycles. The number of carbonyl (C=O) groups is 1. The van der Waals surface area contributed by atoms with Crippen molar-refractivity contribution < 1.29 is 14.6 Å². The fourth-order valence-electron chi connectivity index (χ4n) is 2.94. The minimum Gasteiger partial charge on any atom is -0.504 e. The van der Waals surface area contributed by atoms with Crippen LogP contribution in [0.5, 0.6) is 5.75 Å². The lowest BCUT2D eigenvalue weighted by Gasteiger charge is -2.09. The fraction of sp³-hybridized carbons (Fsp3) is 0.143. The van der Waals surface area contributed by atoms with Crippen LogP contribution in [0.2, 0.25) is 15.1 Å². The molecule has 0 amide bonds. The van der Waals surface area contributed by atoms with Crippen molar-refractivity contribution in [1.82, 2.24) is 15.2 Å². The predicted octanol–water partition coefficient (Wildman–Crippen LogP) is 5.25. The summed E-state index contributed by atoms with van der Waals surface area (Å²) in [5.41, 5.74) is 5.22. The molecule has 1 heterocycles. The fourth-order valence-corrected chi connectivity index (χ4v) is 3.66. The molecule has 12 heteroatoms. The zero-order valence-electron chi connectivity index (χ0n) is 17.6. The molecular formula is C21H18Cl3N5O3S. The number of hydrazone groups is 1. The smallest absolute Gasteiger partial charge is 0.339 e. The van der Waals surface area contributed by atoms with E-state index in [0.29, 0.717) is 32.7 Å². The molecule has 33 heavy (non-hydrogen) atoms. The van der Waals surface area contributed by atoms with Gasteiger partial charge in [0, 0.05) is 18.3 Å². The molecule has 0 fully saturated rings. The Bertz CT molecular complexity index is 1280. The number of aryl methyl sites for hydroxylation is 1. The van der Waals surface area contributed by atoms with Gasteiger partial charge in [0.1, 0.15) is 5.69 Å². The van der Waals surface area contributed by atoms with Gasteiger partial charge >= 0.3 is 5.97 Å². The topological polar surface area (TPSA) is 101 Å². The molecule has 0 spiro atoms. The van der Waals surface area contributed by atoms with E-state index in [-0.39, 0.29) is 27.1 Å². The second-order valence-electron chi connectivity index (χ2n) is 6.75. The van der Waals surface area contributed by atoms with Gasteiger partial charge in [0.2, 0.25) is 0 Å². The molecule has 3 aromatic rings. The summed E-state index contributed by atoms with van der Waals surface area (Å²) >= 11 is 23.4. The lowest BCUT2D eigenvalue weighted by Crippen LogP contribution is -2.25. The van der Waals surface area contributed by atoms with Crippen LogP contribution < -0.4 is 10.7 Å². The Labute approximate surface area is 210 Å². The molecule has 2 aromatic carbocycles. The van der Waals surface area contributed by atoms with E-state index in [1.165, 1.54) is 23.9 Å². The van der Waals surface area contributed by atoms with Crippen LogP contribution in [0.25, 0.3) is 11.3 Å². The molecule has 0 aliphatic carbocycles. The van der Waals surface area contributed by atoms with Crippen LogP contribution in [0.15, 0.2) is 41.5 Å². The Morgan fingerprint density at radius 3 is 2.52 bits per heavy atom. The number of carbonyl (C=O) groups excluding carboxylic acids is 1. The molecule has 0 aliphatic rings. The van der Waals surface area contributed by atoms with Crippen molar-refractivity contribution in [1.29, 1.82) is 0 Å². The average Bonchev–Trinajstić information content (AvgIpc) is 3.07. The third-order valence-corrected chi connectivity index (χ3v) is 5.76. The summed E-state index contributed by atoms with van der Waals surface area (Å²) in [5, 5.41) is 23.3. The van der Waals surface area contributed by atoms with Crippen molar-refractivity contribution in [3.8, 4) is 17.0 Å². The molecule has 0 saturated carbocycles. The Balaban J connectivity index is 1.75. The van der Waals surface area contributed by atoms with E-state index >= 15 is 0 Å². The highest BCUT2D eigenvalue weighted by Crippen LogP contribution is 2.35. The van der Waals surface area contributed by atoms with Crippen LogP contribution in [-0.4, -0.2) is 38.8 Å². The molecule has 0 unspecified atom stereocenters. The summed E-state index contributed by atoms with van der Waals surface area (Å²) in [5.74, 6) is -0.606. The van der Waals surface area contributed by atoms with Crippen LogP contribution in [-0.2, 0) is 11.8 Å². The van der Waals surface area contributed by atoms with Crippen LogP contribution in [0.1, 0.15) is 23.0 Å². The second-order valence-corrected chi connectivity index (χ2v) is 8.38. The molecule has 3 rings (SSSR count). The summed E-state index contributed by atoms with van der Waals surface area (Å²) in [6.07, 6.45) is 0. The zero-order valence-corrected chi connectivity index (χ0v) is 20.7. The van der Waals surface area contributed by atoms with Gasteiger partial charge in [-0.2, -0.15) is 10.2 Å². The number of nitrogens with one attached hydrogen (secondary N) is 2. The number of benzene rings is 2. The van der Waals surface area contributed by atoms with Crippen molar-refractivity contribution in [2.24, 2.45) is 12.1 Å². The van der Waals surface area contributed by atoms with E-state index in [2.05, 4.69) is 25.7 Å². The first kappa shape index (κ1) is 24.8. The number of aromatic hydroxyl groups is 1. The van der Waals surface area contributed by atoms with Gasteiger partial charge in [-0.05, 0) is 49.5 Å². The third-order valence-electron chi connectivity index (χ3n) is 4.52. The number of aromatic nitrogens is 2. The van der Waals surface area contributed by atoms with Gasteiger partial charge in [-0.1, -0.05) is 40.9 Å². The molecule has 3 N–H and O–H groups in total. The lowest BCUT2D eigenvalue weighted by molar-refractivity contribution is 0.0601. The number of ether oxygens (including phenoxy) is 1. The van der Waals surface area contributed by atoms with E-state index in [4.69, 9.17) is 47.0 Å². The highest BCUT2D eigenvalue weighted by molar-refractivity contribution is 7.80. The molecular weight excluding hydrogens is 509 g/mol. The Morgan fingerprint density at radius 2 is 1.88 bits per heavy atom. The molecule has 0 aliphatic heterocycles. The third kappa shape index (κ3) is 5.56. The van der Waals surface area contributed by atoms with Crippen LogP contribution in [0.3, 0.4) is 0 Å². The monoisotopic (exact) mass is 525 g/mol. The van der Waals surface area contributed by atoms with Gasteiger partial charge in [0.05, 0.1) is 33.5 Å². The highest BCUT2D eigenvalue weighted by Gasteiger charge is 2.20. The van der Waals surface area contributed by atoms with Gasteiger partial charge in [0.25, 0.3) is 0 Å². The molecule has 0 atom stereocenters. The lowest BCUT2D eigenvalue weighted by atomic mass is 10.1. The number of halogens is 3. The van der Waals surface area contributed by atoms with Gasteiger partial charge < -0.3 is 15.2 Å². The standard InChI is InChI=1S/C21H18Cl3N5O3S/c1-10(17-19(30)18(29(2)28-17)11-4-7-14(22)16(24)8-11)26-27-21(33)25-12-5-6-13(15(23)9-12)20(31)32-3/h4-9,30H,1-3H3,(H2,25,27,33). The Morgan fingerprint density at radius 1 is 1.15 bits per heavy atom. The number of nitrogens with zero attached hydrogens (tertiary/aromatic N) is 3. The summed E-state index contributed by atoms with van der Waals surface area (Å²) < 4.78 is 6.18. The first-order valence-corrected chi connectivity index (χ1v) is 10.9. The molecule has 172 valence electrons. The maximum Gasteiger partial charge on any atom is 0.339 e. The maximum absolute atomic E-state index is 11.6.